The van der Waals surface area contributed by atoms with E-state index in [9.17, 15) is 13.6 Å². The molecule has 1 unspecified atom stereocenters. The van der Waals surface area contributed by atoms with Gasteiger partial charge in [-0.15, -0.1) is 10.2 Å². The number of aromatic nitrogens is 4. The first-order valence-electron chi connectivity index (χ1n) is 15.2. The summed E-state index contributed by atoms with van der Waals surface area (Å²) in [7, 11) is 3.75. The van der Waals surface area contributed by atoms with E-state index < -0.39 is 30.4 Å². The summed E-state index contributed by atoms with van der Waals surface area (Å²) in [5, 5.41) is 10.5. The Morgan fingerprint density at radius 1 is 1.12 bits per heavy atom. The van der Waals surface area contributed by atoms with Crippen molar-refractivity contribution in [1.82, 2.24) is 29.5 Å². The lowest BCUT2D eigenvalue weighted by Gasteiger charge is -2.49. The Morgan fingerprint density at radius 2 is 1.88 bits per heavy atom. The maximum atomic E-state index is 15.9. The van der Waals surface area contributed by atoms with Crippen molar-refractivity contribution in [3.8, 4) is 0 Å². The van der Waals surface area contributed by atoms with Crippen LogP contribution in [0.4, 0.5) is 18.9 Å². The number of piperazine rings is 1. The third kappa shape index (κ3) is 6.06. The first kappa shape index (κ1) is 29.7. The molecule has 0 radical (unpaired) electrons. The maximum absolute atomic E-state index is 15.9. The van der Waals surface area contributed by atoms with Crippen LogP contribution in [-0.2, 0) is 19.0 Å². The molecule has 2 aliphatic carbocycles. The van der Waals surface area contributed by atoms with E-state index in [-0.39, 0.29) is 11.7 Å². The molecule has 8 nitrogen and oxygen atoms in total. The number of alkyl halides is 3. The largest absolute Gasteiger partial charge is 0.321 e. The van der Waals surface area contributed by atoms with E-state index in [0.29, 0.717) is 34.8 Å². The van der Waals surface area contributed by atoms with Gasteiger partial charge in [0.05, 0.1) is 0 Å². The molecule has 230 valence electrons. The number of carbonyl (C=O) groups excluding carboxylic acids is 1. The number of benzene rings is 1. The fourth-order valence-electron chi connectivity index (χ4n) is 6.73. The van der Waals surface area contributed by atoms with Crippen LogP contribution in [0, 0.1) is 5.92 Å². The van der Waals surface area contributed by atoms with E-state index in [4.69, 9.17) is 4.98 Å². The number of halogens is 3. The zero-order valence-corrected chi connectivity index (χ0v) is 25.2. The molecule has 11 heteroatoms. The van der Waals surface area contributed by atoms with Gasteiger partial charge in [0.25, 0.3) is 5.91 Å². The molecule has 1 amide bonds. The van der Waals surface area contributed by atoms with Crippen molar-refractivity contribution in [3.05, 3.63) is 71.1 Å². The molecule has 0 bridgehead atoms. The van der Waals surface area contributed by atoms with Gasteiger partial charge in [0, 0.05) is 74.8 Å². The number of aryl methyl sites for hydroxylation is 1. The second-order valence-corrected chi connectivity index (χ2v) is 13.2. The summed E-state index contributed by atoms with van der Waals surface area (Å²) >= 11 is 0. The Hall–Kier alpha value is -3.31. The smallest absolute Gasteiger partial charge is 0.274 e. The van der Waals surface area contributed by atoms with Crippen molar-refractivity contribution in [2.24, 2.45) is 13.0 Å². The number of anilines is 1. The second-order valence-electron chi connectivity index (χ2n) is 13.2. The number of carbonyl (C=O) groups is 1. The molecule has 1 saturated heterocycles. The van der Waals surface area contributed by atoms with E-state index in [1.54, 1.807) is 31.3 Å². The minimum absolute atomic E-state index is 0.00128. The van der Waals surface area contributed by atoms with Crippen molar-refractivity contribution < 1.29 is 18.0 Å². The topological polar surface area (TPSA) is 79.2 Å². The van der Waals surface area contributed by atoms with E-state index in [2.05, 4.69) is 52.3 Å². The van der Waals surface area contributed by atoms with Gasteiger partial charge in [0.2, 0.25) is 5.92 Å². The summed E-state index contributed by atoms with van der Waals surface area (Å²) in [6.07, 6.45) is 0.394. The number of rotatable bonds is 9. The fraction of sp³-hybridized carbons (Fsp3) is 0.562. The monoisotopic (exact) mass is 595 g/mol. The summed E-state index contributed by atoms with van der Waals surface area (Å²) < 4.78 is 45.9. The van der Waals surface area contributed by atoms with Gasteiger partial charge in [-0.2, -0.15) is 0 Å². The molecule has 3 aromatic rings. The molecule has 0 spiro atoms. The fourth-order valence-corrected chi connectivity index (χ4v) is 6.73. The number of hydrogen-bond donors (Lipinski definition) is 1. The zero-order valence-electron chi connectivity index (χ0n) is 25.2. The molecule has 1 aliphatic heterocycles. The van der Waals surface area contributed by atoms with Gasteiger partial charge in [0.15, 0.2) is 12.0 Å². The summed E-state index contributed by atoms with van der Waals surface area (Å²) in [6.45, 7) is 8.20. The van der Waals surface area contributed by atoms with Crippen LogP contribution in [0.25, 0.3) is 0 Å². The highest BCUT2D eigenvalue weighted by Gasteiger charge is 2.62. The van der Waals surface area contributed by atoms with Crippen molar-refractivity contribution in [3.63, 3.8) is 0 Å². The Bertz CT molecular complexity index is 1480. The minimum atomic E-state index is -2.98. The van der Waals surface area contributed by atoms with Gasteiger partial charge < -0.3 is 14.8 Å². The van der Waals surface area contributed by atoms with E-state index in [1.165, 1.54) is 10.9 Å². The summed E-state index contributed by atoms with van der Waals surface area (Å²) in [5.41, 5.74) is 1.64. The maximum Gasteiger partial charge on any atom is 0.274 e. The first-order valence-corrected chi connectivity index (χ1v) is 15.2. The third-order valence-corrected chi connectivity index (χ3v) is 9.33. The Labute approximate surface area is 250 Å². The van der Waals surface area contributed by atoms with Crippen LogP contribution in [0.5, 0.6) is 0 Å². The average molecular weight is 596 g/mol. The Morgan fingerprint density at radius 3 is 2.53 bits per heavy atom. The number of hydrogen-bond acceptors (Lipinski definition) is 6. The SMILES string of the molecule is CC(C)[C@H]1CN(C)CCN1Cc1cc(C(=O)Nc2cccc(C3(C(F)c4nncn4C)CC(F)(F)C3)c2)nc(C2CC2)c1. The normalized spacial score (nSPS) is 22.7. The molecular formula is C32H40F3N7O. The minimum Gasteiger partial charge on any atom is -0.321 e. The quantitative estimate of drug-likeness (QED) is 0.353. The molecule has 43 heavy (non-hydrogen) atoms. The second kappa shape index (κ2) is 11.3. The first-order chi connectivity index (χ1) is 20.4. The van der Waals surface area contributed by atoms with Crippen LogP contribution in [0.15, 0.2) is 42.7 Å². The molecular weight excluding hydrogens is 555 g/mol. The standard InChI is InChI=1S/C32H40F3N7O/c1-20(2)27-16-40(3)10-11-42(27)15-21-12-25(22-8-9-22)38-26(13-21)30(43)37-24-7-5-6-23(14-24)31(17-32(34,35)18-31)28(33)29-39-36-19-41(29)4/h5-7,12-14,19-20,22,27-28H,8-11,15-18H2,1-4H3,(H,37,43)/t27-,28?/m1/s1. The van der Waals surface area contributed by atoms with Crippen LogP contribution in [0.2, 0.25) is 0 Å². The molecule has 2 saturated carbocycles. The Balaban J connectivity index is 1.25. The summed E-state index contributed by atoms with van der Waals surface area (Å²) in [5.74, 6) is -2.50. The van der Waals surface area contributed by atoms with Crippen molar-refractivity contribution in [1.29, 1.82) is 0 Å². The summed E-state index contributed by atoms with van der Waals surface area (Å²) in [6, 6.07) is 11.0. The molecule has 1 N–H and O–H groups in total. The lowest BCUT2D eigenvalue weighted by Crippen LogP contribution is -2.53. The lowest BCUT2D eigenvalue weighted by molar-refractivity contribution is -0.151. The highest BCUT2D eigenvalue weighted by molar-refractivity contribution is 6.03. The van der Waals surface area contributed by atoms with Crippen LogP contribution < -0.4 is 5.32 Å². The number of amides is 1. The Kier molecular flexibility index (Phi) is 7.83. The van der Waals surface area contributed by atoms with Crippen LogP contribution in [0.1, 0.15) is 84.8 Å². The third-order valence-electron chi connectivity index (χ3n) is 9.33. The van der Waals surface area contributed by atoms with Gasteiger partial charge in [-0.3, -0.25) is 9.69 Å². The number of likely N-dealkylation sites (N-methyl/N-ethyl adjacent to an activating group) is 1. The predicted molar refractivity (Wildman–Crippen MR) is 158 cm³/mol. The summed E-state index contributed by atoms with van der Waals surface area (Å²) in [4.78, 5) is 23.2. The molecule has 6 rings (SSSR count). The van der Waals surface area contributed by atoms with Gasteiger partial charge >= 0.3 is 0 Å². The van der Waals surface area contributed by atoms with Gasteiger partial charge in [0.1, 0.15) is 12.0 Å². The zero-order chi connectivity index (χ0) is 30.5. The van der Waals surface area contributed by atoms with Crippen LogP contribution >= 0.6 is 0 Å². The number of pyridine rings is 1. The lowest BCUT2D eigenvalue weighted by atomic mass is 9.59. The van der Waals surface area contributed by atoms with Crippen molar-refractivity contribution >= 4 is 11.6 Å². The predicted octanol–water partition coefficient (Wildman–Crippen LogP) is 5.49. The molecule has 1 aromatic carbocycles. The highest BCUT2D eigenvalue weighted by atomic mass is 19.3. The van der Waals surface area contributed by atoms with E-state index in [0.717, 1.165) is 50.3 Å². The molecule has 2 aromatic heterocycles. The molecule has 3 fully saturated rings. The van der Waals surface area contributed by atoms with Gasteiger partial charge in [-0.1, -0.05) is 26.0 Å². The van der Waals surface area contributed by atoms with Gasteiger partial charge in [-0.25, -0.2) is 18.2 Å². The molecule has 3 heterocycles. The van der Waals surface area contributed by atoms with Crippen molar-refractivity contribution in [2.45, 2.75) is 75.5 Å². The van der Waals surface area contributed by atoms with Crippen molar-refractivity contribution in [2.75, 3.05) is 32.0 Å². The van der Waals surface area contributed by atoms with E-state index in [1.807, 2.05) is 6.07 Å². The molecule has 3 aliphatic rings. The van der Waals surface area contributed by atoms with E-state index >= 15 is 4.39 Å². The van der Waals surface area contributed by atoms with Crippen LogP contribution in [-0.4, -0.2) is 74.1 Å². The highest BCUT2D eigenvalue weighted by Crippen LogP contribution is 2.60. The number of nitrogens with zero attached hydrogens (tertiary/aromatic N) is 6. The average Bonchev–Trinajstić information content (AvgIpc) is 3.72. The van der Waals surface area contributed by atoms with Crippen LogP contribution in [0.3, 0.4) is 0 Å². The molecule has 2 atom stereocenters. The number of nitrogens with one attached hydrogen (secondary N) is 1. The van der Waals surface area contributed by atoms with Gasteiger partial charge in [-0.05, 0) is 61.2 Å².